The summed E-state index contributed by atoms with van der Waals surface area (Å²) in [7, 11) is -3.10. The van der Waals surface area contributed by atoms with E-state index >= 15 is 0 Å². The van der Waals surface area contributed by atoms with Crippen LogP contribution in [0.4, 0.5) is 0 Å². The fourth-order valence-corrected chi connectivity index (χ4v) is 3.88. The van der Waals surface area contributed by atoms with Crippen molar-refractivity contribution in [3.05, 3.63) is 29.8 Å². The number of aryl methyl sites for hydroxylation is 1. The number of rotatable bonds is 2. The summed E-state index contributed by atoms with van der Waals surface area (Å²) in [5.41, 5.74) is 1.09. The molecule has 0 aliphatic heterocycles. The topological polar surface area (TPSA) is 34.1 Å². The highest BCUT2D eigenvalue weighted by atomic mass is 127. The summed E-state index contributed by atoms with van der Waals surface area (Å²) in [6, 6.07) is 7.08. The highest BCUT2D eigenvalue weighted by Gasteiger charge is 2.52. The Morgan fingerprint density at radius 2 is 1.71 bits per heavy atom. The summed E-state index contributed by atoms with van der Waals surface area (Å²) in [6.07, 6.45) is 1.56. The first kappa shape index (κ1) is 10.4. The lowest BCUT2D eigenvalue weighted by molar-refractivity contribution is 0.593. The fourth-order valence-electron chi connectivity index (χ4n) is 1.30. The van der Waals surface area contributed by atoms with Gasteiger partial charge in [0.1, 0.15) is 2.75 Å². The van der Waals surface area contributed by atoms with Crippen LogP contribution in [0, 0.1) is 6.92 Å². The Hall–Kier alpha value is -0.100. The largest absolute Gasteiger partial charge is 0.222 e. The normalized spacial score (nSPS) is 19.3. The van der Waals surface area contributed by atoms with Crippen molar-refractivity contribution in [1.29, 1.82) is 0 Å². The van der Waals surface area contributed by atoms with Crippen LogP contribution in [0.2, 0.25) is 0 Å². The molecule has 0 N–H and O–H groups in total. The Morgan fingerprint density at radius 1 is 1.21 bits per heavy atom. The van der Waals surface area contributed by atoms with E-state index < -0.39 is 12.6 Å². The van der Waals surface area contributed by atoms with Crippen molar-refractivity contribution in [2.24, 2.45) is 0 Å². The molecule has 4 heteroatoms. The monoisotopic (exact) mass is 322 g/mol. The van der Waals surface area contributed by atoms with Gasteiger partial charge in [-0.25, -0.2) is 8.42 Å². The highest BCUT2D eigenvalue weighted by molar-refractivity contribution is 14.1. The quantitative estimate of drug-likeness (QED) is 0.620. The summed E-state index contributed by atoms with van der Waals surface area (Å²) in [5.74, 6) is 0. The molecule has 0 saturated heterocycles. The zero-order chi connectivity index (χ0) is 10.4. The van der Waals surface area contributed by atoms with E-state index in [0.29, 0.717) is 4.90 Å². The first-order chi connectivity index (χ1) is 6.46. The number of alkyl halides is 1. The lowest BCUT2D eigenvalue weighted by Gasteiger charge is -2.08. The SMILES string of the molecule is Cc1ccc(S(=O)(=O)C2(I)CC2)cc1. The molecular weight excluding hydrogens is 311 g/mol. The zero-order valence-corrected chi connectivity index (χ0v) is 10.8. The summed E-state index contributed by atoms with van der Waals surface area (Å²) >= 11 is 2.05. The minimum atomic E-state index is -3.10. The number of hydrogen-bond acceptors (Lipinski definition) is 2. The van der Waals surface area contributed by atoms with Crippen LogP contribution < -0.4 is 0 Å². The molecule has 0 aromatic heterocycles. The predicted molar refractivity (Wildman–Crippen MR) is 64.3 cm³/mol. The smallest absolute Gasteiger partial charge is 0.193 e. The molecule has 1 aliphatic rings. The Morgan fingerprint density at radius 3 is 2.14 bits per heavy atom. The van der Waals surface area contributed by atoms with Gasteiger partial charge in [-0.1, -0.05) is 40.3 Å². The van der Waals surface area contributed by atoms with Crippen molar-refractivity contribution in [3.8, 4) is 0 Å². The maximum Gasteiger partial charge on any atom is 0.193 e. The minimum Gasteiger partial charge on any atom is -0.222 e. The third kappa shape index (κ3) is 1.58. The van der Waals surface area contributed by atoms with Crippen LogP contribution >= 0.6 is 22.6 Å². The van der Waals surface area contributed by atoms with Crippen molar-refractivity contribution >= 4 is 32.4 Å². The Balaban J connectivity index is 2.45. The Bertz CT molecular complexity index is 444. The van der Waals surface area contributed by atoms with Gasteiger partial charge >= 0.3 is 0 Å². The molecule has 1 aromatic rings. The molecule has 2 nitrogen and oxygen atoms in total. The molecule has 0 unspecified atom stereocenters. The molecule has 0 spiro atoms. The van der Waals surface area contributed by atoms with Crippen molar-refractivity contribution in [1.82, 2.24) is 0 Å². The number of halogens is 1. The van der Waals surface area contributed by atoms with Crippen LogP contribution in [0.1, 0.15) is 18.4 Å². The van der Waals surface area contributed by atoms with Crippen LogP contribution in [0.3, 0.4) is 0 Å². The van der Waals surface area contributed by atoms with Crippen LogP contribution in [-0.2, 0) is 9.84 Å². The molecule has 14 heavy (non-hydrogen) atoms. The molecule has 2 rings (SSSR count). The lowest BCUT2D eigenvalue weighted by atomic mass is 10.2. The number of sulfone groups is 1. The highest BCUT2D eigenvalue weighted by Crippen LogP contribution is 2.52. The van der Waals surface area contributed by atoms with Gasteiger partial charge in [0.05, 0.1) is 4.90 Å². The van der Waals surface area contributed by atoms with Gasteiger partial charge in [-0.15, -0.1) is 0 Å². The number of hydrogen-bond donors (Lipinski definition) is 0. The first-order valence-electron chi connectivity index (χ1n) is 4.46. The second-order valence-electron chi connectivity index (χ2n) is 3.70. The van der Waals surface area contributed by atoms with Gasteiger partial charge in [-0.2, -0.15) is 0 Å². The lowest BCUT2D eigenvalue weighted by Crippen LogP contribution is -2.15. The van der Waals surface area contributed by atoms with E-state index in [2.05, 4.69) is 22.6 Å². The second-order valence-corrected chi connectivity index (χ2v) is 8.76. The van der Waals surface area contributed by atoms with Crippen molar-refractivity contribution in [3.63, 3.8) is 0 Å². The molecule has 0 atom stereocenters. The first-order valence-corrected chi connectivity index (χ1v) is 7.02. The average Bonchev–Trinajstić information content (AvgIpc) is 2.86. The maximum absolute atomic E-state index is 12.0. The van der Waals surface area contributed by atoms with Crippen molar-refractivity contribution in [2.45, 2.75) is 27.4 Å². The molecule has 1 saturated carbocycles. The summed E-state index contributed by atoms with van der Waals surface area (Å²) in [4.78, 5) is 0.454. The van der Waals surface area contributed by atoms with Gasteiger partial charge in [0.2, 0.25) is 0 Å². The molecule has 0 heterocycles. The van der Waals surface area contributed by atoms with E-state index in [9.17, 15) is 8.42 Å². The molecular formula is C10H11IO2S. The maximum atomic E-state index is 12.0. The molecule has 76 valence electrons. The minimum absolute atomic E-state index is 0.454. The molecule has 1 aliphatic carbocycles. The van der Waals surface area contributed by atoms with E-state index in [4.69, 9.17) is 0 Å². The Kier molecular flexibility index (Phi) is 2.38. The average molecular weight is 322 g/mol. The van der Waals surface area contributed by atoms with E-state index in [-0.39, 0.29) is 0 Å². The molecule has 0 amide bonds. The van der Waals surface area contributed by atoms with Gasteiger partial charge in [-0.05, 0) is 31.9 Å². The van der Waals surface area contributed by atoms with E-state index in [1.807, 2.05) is 19.1 Å². The third-order valence-electron chi connectivity index (χ3n) is 2.46. The molecule has 1 aromatic carbocycles. The van der Waals surface area contributed by atoms with Crippen LogP contribution in [-0.4, -0.2) is 11.2 Å². The van der Waals surface area contributed by atoms with Crippen molar-refractivity contribution < 1.29 is 8.42 Å². The molecule has 0 bridgehead atoms. The van der Waals surface area contributed by atoms with Crippen LogP contribution in [0.15, 0.2) is 29.2 Å². The van der Waals surface area contributed by atoms with E-state index in [1.54, 1.807) is 12.1 Å². The van der Waals surface area contributed by atoms with Crippen molar-refractivity contribution in [2.75, 3.05) is 0 Å². The second kappa shape index (κ2) is 3.20. The molecule has 1 fully saturated rings. The van der Waals surface area contributed by atoms with Gasteiger partial charge in [0, 0.05) is 0 Å². The predicted octanol–water partition coefficient (Wildman–Crippen LogP) is 2.69. The van der Waals surface area contributed by atoms with Crippen LogP contribution in [0.5, 0.6) is 0 Å². The van der Waals surface area contributed by atoms with Gasteiger partial charge in [0.25, 0.3) is 0 Å². The van der Waals surface area contributed by atoms with E-state index in [1.165, 1.54) is 0 Å². The van der Waals surface area contributed by atoms with E-state index in [0.717, 1.165) is 18.4 Å². The standard InChI is InChI=1S/C10H11IO2S/c1-8-2-4-9(5-3-8)14(12,13)10(11)6-7-10/h2-5H,6-7H2,1H3. The third-order valence-corrected chi connectivity index (χ3v) is 7.54. The summed E-state index contributed by atoms with van der Waals surface area (Å²) in [5, 5.41) is 0. The summed E-state index contributed by atoms with van der Waals surface area (Å²) in [6.45, 7) is 1.95. The zero-order valence-electron chi connectivity index (χ0n) is 7.83. The van der Waals surface area contributed by atoms with Gasteiger partial charge in [0.15, 0.2) is 9.84 Å². The van der Waals surface area contributed by atoms with Gasteiger partial charge < -0.3 is 0 Å². The molecule has 0 radical (unpaired) electrons. The van der Waals surface area contributed by atoms with Crippen LogP contribution in [0.25, 0.3) is 0 Å². The fraction of sp³-hybridized carbons (Fsp3) is 0.400. The summed E-state index contributed by atoms with van der Waals surface area (Å²) < 4.78 is 23.5. The number of benzene rings is 1. The Labute approximate surface area is 97.8 Å². The van der Waals surface area contributed by atoms with Gasteiger partial charge in [-0.3, -0.25) is 0 Å².